The topological polar surface area (TPSA) is 75.6 Å². The molecule has 20 heavy (non-hydrogen) atoms. The molecule has 0 spiro atoms. The highest BCUT2D eigenvalue weighted by atomic mass is 32.2. The zero-order valence-electron chi connectivity index (χ0n) is 12.0. The molecule has 0 aliphatic heterocycles. The number of rotatable bonds is 3. The minimum Gasteiger partial charge on any atom is -0.495 e. The summed E-state index contributed by atoms with van der Waals surface area (Å²) in [6.07, 6.45) is 0. The Hall–Kier alpha value is -1.55. The first kappa shape index (κ1) is 16.5. The quantitative estimate of drug-likeness (QED) is 0.820. The Morgan fingerprint density at radius 1 is 1.35 bits per heavy atom. The maximum absolute atomic E-state index is 12.2. The van der Waals surface area contributed by atoms with Crippen LogP contribution in [-0.4, -0.2) is 32.8 Å². The van der Waals surface area contributed by atoms with Crippen molar-refractivity contribution in [3.63, 3.8) is 0 Å². The van der Waals surface area contributed by atoms with Crippen molar-refractivity contribution in [3.8, 4) is 17.6 Å². The SMILES string of the molecule is COc1ccc(S(=O)(=O)NC(C)(C)C)cc1C#CCO. The summed E-state index contributed by atoms with van der Waals surface area (Å²) in [6, 6.07) is 4.42. The average molecular weight is 297 g/mol. The fourth-order valence-electron chi connectivity index (χ4n) is 1.55. The first-order valence-electron chi connectivity index (χ1n) is 6.01. The second kappa shape index (κ2) is 6.27. The van der Waals surface area contributed by atoms with Crippen molar-refractivity contribution in [1.29, 1.82) is 0 Å². The number of ether oxygens (including phenoxy) is 1. The van der Waals surface area contributed by atoms with Crippen LogP contribution < -0.4 is 9.46 Å². The summed E-state index contributed by atoms with van der Waals surface area (Å²) in [5.41, 5.74) is -0.159. The van der Waals surface area contributed by atoms with Gasteiger partial charge in [0.1, 0.15) is 12.4 Å². The second-order valence-electron chi connectivity index (χ2n) is 5.18. The van der Waals surface area contributed by atoms with Gasteiger partial charge in [-0.15, -0.1) is 0 Å². The van der Waals surface area contributed by atoms with E-state index in [4.69, 9.17) is 9.84 Å². The lowest BCUT2D eigenvalue weighted by Crippen LogP contribution is -2.40. The van der Waals surface area contributed by atoms with Crippen molar-refractivity contribution >= 4 is 10.0 Å². The molecule has 2 N–H and O–H groups in total. The minimum atomic E-state index is -3.63. The standard InChI is InChI=1S/C14H19NO4S/c1-14(2,3)15-20(17,18)12-7-8-13(19-4)11(10-12)6-5-9-16/h7-8,10,15-16H,9H2,1-4H3. The van der Waals surface area contributed by atoms with Crippen LogP contribution in [0.2, 0.25) is 0 Å². The van der Waals surface area contributed by atoms with E-state index in [1.807, 2.05) is 0 Å². The molecule has 0 radical (unpaired) electrons. The van der Waals surface area contributed by atoms with Crippen LogP contribution in [0.4, 0.5) is 0 Å². The van der Waals surface area contributed by atoms with E-state index in [2.05, 4.69) is 16.6 Å². The molecule has 0 heterocycles. The lowest BCUT2D eigenvalue weighted by molar-refractivity contribution is 0.350. The number of hydrogen-bond donors (Lipinski definition) is 2. The second-order valence-corrected chi connectivity index (χ2v) is 6.86. The molecule has 0 atom stereocenters. The van der Waals surface area contributed by atoms with Gasteiger partial charge in [0.25, 0.3) is 0 Å². The Bertz CT molecular complexity index is 633. The molecule has 1 aromatic carbocycles. The Labute approximate surface area is 120 Å². The molecule has 0 unspecified atom stereocenters. The fourth-order valence-corrected chi connectivity index (χ4v) is 2.99. The molecule has 0 amide bonds. The number of aliphatic hydroxyl groups excluding tert-OH is 1. The zero-order chi connectivity index (χ0) is 15.4. The molecule has 0 aliphatic carbocycles. The highest BCUT2D eigenvalue weighted by molar-refractivity contribution is 7.89. The van der Waals surface area contributed by atoms with Crippen LogP contribution in [0.1, 0.15) is 26.3 Å². The normalized spacial score (nSPS) is 11.7. The van der Waals surface area contributed by atoms with Crippen molar-refractivity contribution in [2.24, 2.45) is 0 Å². The third-order valence-corrected chi connectivity index (χ3v) is 3.98. The Morgan fingerprint density at radius 2 is 2.00 bits per heavy atom. The van der Waals surface area contributed by atoms with Gasteiger partial charge >= 0.3 is 0 Å². The molecule has 0 bridgehead atoms. The highest BCUT2D eigenvalue weighted by Gasteiger charge is 2.22. The molecular formula is C14H19NO4S. The summed E-state index contributed by atoms with van der Waals surface area (Å²) in [7, 11) is -2.15. The van der Waals surface area contributed by atoms with Gasteiger partial charge in [0, 0.05) is 5.54 Å². The van der Waals surface area contributed by atoms with E-state index < -0.39 is 15.6 Å². The van der Waals surface area contributed by atoms with Gasteiger partial charge in [0.2, 0.25) is 10.0 Å². The third kappa shape index (κ3) is 4.53. The third-order valence-electron chi connectivity index (χ3n) is 2.22. The molecule has 0 aromatic heterocycles. The summed E-state index contributed by atoms with van der Waals surface area (Å²) in [5, 5.41) is 8.73. The predicted molar refractivity (Wildman–Crippen MR) is 77.0 cm³/mol. The van der Waals surface area contributed by atoms with E-state index in [1.54, 1.807) is 26.8 Å². The highest BCUT2D eigenvalue weighted by Crippen LogP contribution is 2.22. The lowest BCUT2D eigenvalue weighted by Gasteiger charge is -2.20. The first-order chi connectivity index (χ1) is 9.19. The first-order valence-corrected chi connectivity index (χ1v) is 7.49. The van der Waals surface area contributed by atoms with Gasteiger partial charge in [0.05, 0.1) is 17.6 Å². The van der Waals surface area contributed by atoms with Crippen LogP contribution >= 0.6 is 0 Å². The van der Waals surface area contributed by atoms with Crippen molar-refractivity contribution in [3.05, 3.63) is 23.8 Å². The van der Waals surface area contributed by atoms with Crippen LogP contribution in [0.3, 0.4) is 0 Å². The summed E-state index contributed by atoms with van der Waals surface area (Å²) < 4.78 is 32.1. The van der Waals surface area contributed by atoms with Crippen LogP contribution in [0.15, 0.2) is 23.1 Å². The van der Waals surface area contributed by atoms with Crippen molar-refractivity contribution in [1.82, 2.24) is 4.72 Å². The van der Waals surface area contributed by atoms with Crippen molar-refractivity contribution in [2.75, 3.05) is 13.7 Å². The monoisotopic (exact) mass is 297 g/mol. The summed E-state index contributed by atoms with van der Waals surface area (Å²) in [4.78, 5) is 0.107. The lowest BCUT2D eigenvalue weighted by atomic mass is 10.1. The number of benzene rings is 1. The molecule has 110 valence electrons. The summed E-state index contributed by atoms with van der Waals surface area (Å²) in [6.45, 7) is 4.99. The molecule has 5 nitrogen and oxygen atoms in total. The van der Waals surface area contributed by atoms with Crippen molar-refractivity contribution in [2.45, 2.75) is 31.2 Å². The van der Waals surface area contributed by atoms with Crippen LogP contribution in [0.25, 0.3) is 0 Å². The van der Waals surface area contributed by atoms with E-state index >= 15 is 0 Å². The summed E-state index contributed by atoms with van der Waals surface area (Å²) in [5.74, 6) is 5.61. The van der Waals surface area contributed by atoms with Crippen LogP contribution in [0.5, 0.6) is 5.75 Å². The predicted octanol–water partition coefficient (Wildman–Crippen LogP) is 1.12. The largest absolute Gasteiger partial charge is 0.495 e. The molecule has 6 heteroatoms. The van der Waals surface area contributed by atoms with Gasteiger partial charge in [-0.2, -0.15) is 0 Å². The van der Waals surface area contributed by atoms with Gasteiger partial charge < -0.3 is 9.84 Å². The van der Waals surface area contributed by atoms with Gasteiger partial charge in [-0.3, -0.25) is 0 Å². The summed E-state index contributed by atoms with van der Waals surface area (Å²) >= 11 is 0. The molecule has 1 rings (SSSR count). The van der Waals surface area contributed by atoms with Gasteiger partial charge in [0.15, 0.2) is 0 Å². The maximum atomic E-state index is 12.2. The number of sulfonamides is 1. The van der Waals surface area contributed by atoms with E-state index in [9.17, 15) is 8.42 Å². The number of hydrogen-bond acceptors (Lipinski definition) is 4. The molecular weight excluding hydrogens is 278 g/mol. The minimum absolute atomic E-state index is 0.107. The maximum Gasteiger partial charge on any atom is 0.241 e. The van der Waals surface area contributed by atoms with E-state index in [-0.39, 0.29) is 11.5 Å². The molecule has 0 saturated heterocycles. The number of nitrogens with one attached hydrogen (secondary N) is 1. The van der Waals surface area contributed by atoms with Crippen molar-refractivity contribution < 1.29 is 18.3 Å². The van der Waals surface area contributed by atoms with Gasteiger partial charge in [-0.1, -0.05) is 11.8 Å². The Balaban J connectivity index is 3.27. The number of methoxy groups -OCH3 is 1. The van der Waals surface area contributed by atoms with Gasteiger partial charge in [-0.05, 0) is 39.0 Å². The van der Waals surface area contributed by atoms with E-state index in [1.165, 1.54) is 19.2 Å². The molecule has 0 saturated carbocycles. The van der Waals surface area contributed by atoms with Gasteiger partial charge in [-0.25, -0.2) is 13.1 Å². The van der Waals surface area contributed by atoms with E-state index in [0.29, 0.717) is 11.3 Å². The number of aliphatic hydroxyl groups is 1. The van der Waals surface area contributed by atoms with Crippen LogP contribution in [-0.2, 0) is 10.0 Å². The average Bonchev–Trinajstić information content (AvgIpc) is 2.33. The smallest absolute Gasteiger partial charge is 0.241 e. The van der Waals surface area contributed by atoms with Crippen LogP contribution in [0, 0.1) is 11.8 Å². The Kier molecular flexibility index (Phi) is 5.17. The molecule has 1 aromatic rings. The van der Waals surface area contributed by atoms with E-state index in [0.717, 1.165) is 0 Å². The zero-order valence-corrected chi connectivity index (χ0v) is 12.8. The molecule has 0 aliphatic rings. The Morgan fingerprint density at radius 3 is 2.50 bits per heavy atom. The fraction of sp³-hybridized carbons (Fsp3) is 0.429. The molecule has 0 fully saturated rings.